The molecule has 0 aromatic rings. The van der Waals surface area contributed by atoms with Gasteiger partial charge in [0, 0.05) is 51.9 Å². The molecule has 2 saturated heterocycles. The summed E-state index contributed by atoms with van der Waals surface area (Å²) in [5.41, 5.74) is 0. The normalized spacial score (nSPS) is 24.3. The summed E-state index contributed by atoms with van der Waals surface area (Å²) >= 11 is 0. The molecule has 0 radical (unpaired) electrons. The van der Waals surface area contributed by atoms with E-state index in [9.17, 15) is 0 Å². The topological polar surface area (TPSA) is 58.1 Å². The minimum absolute atomic E-state index is 0. The summed E-state index contributed by atoms with van der Waals surface area (Å²) in [7, 11) is 1.83. The fraction of sp³-hybridized carbons (Fsp3) is 0.947. The van der Waals surface area contributed by atoms with Crippen LogP contribution < -0.4 is 10.6 Å². The Labute approximate surface area is 176 Å². The van der Waals surface area contributed by atoms with Crippen LogP contribution in [0.5, 0.6) is 0 Å². The van der Waals surface area contributed by atoms with Crippen molar-refractivity contribution in [3.63, 3.8) is 0 Å². The van der Waals surface area contributed by atoms with Crippen molar-refractivity contribution in [3.8, 4) is 0 Å². The quantitative estimate of drug-likeness (QED) is 0.217. The fourth-order valence-electron chi connectivity index (χ4n) is 3.55. The lowest BCUT2D eigenvalue weighted by Crippen LogP contribution is -2.41. The number of ether oxygens (including phenoxy) is 2. The molecule has 26 heavy (non-hydrogen) atoms. The van der Waals surface area contributed by atoms with E-state index in [-0.39, 0.29) is 24.0 Å². The van der Waals surface area contributed by atoms with Crippen molar-refractivity contribution in [2.45, 2.75) is 51.5 Å². The maximum atomic E-state index is 5.72. The Kier molecular flexibility index (Phi) is 13.7. The molecule has 2 aliphatic rings. The number of aliphatic imine (C=N–C) groups is 1. The van der Waals surface area contributed by atoms with E-state index in [2.05, 4.69) is 27.4 Å². The fourth-order valence-corrected chi connectivity index (χ4v) is 3.55. The van der Waals surface area contributed by atoms with Crippen molar-refractivity contribution < 1.29 is 9.47 Å². The van der Waals surface area contributed by atoms with Crippen LogP contribution in [0, 0.1) is 5.92 Å². The lowest BCUT2D eigenvalue weighted by Gasteiger charge is -2.33. The molecule has 2 atom stereocenters. The van der Waals surface area contributed by atoms with Crippen LogP contribution in [0.4, 0.5) is 0 Å². The molecule has 2 rings (SSSR count). The predicted molar refractivity (Wildman–Crippen MR) is 119 cm³/mol. The average Bonchev–Trinajstić information content (AvgIpc) is 3.14. The molecule has 0 aliphatic carbocycles. The molecule has 0 spiro atoms. The summed E-state index contributed by atoms with van der Waals surface area (Å²) in [4.78, 5) is 6.91. The highest BCUT2D eigenvalue weighted by Crippen LogP contribution is 2.16. The van der Waals surface area contributed by atoms with Crippen LogP contribution in [0.2, 0.25) is 0 Å². The van der Waals surface area contributed by atoms with Crippen LogP contribution in [0.25, 0.3) is 0 Å². The first-order valence-corrected chi connectivity index (χ1v) is 10.1. The molecule has 154 valence electrons. The number of hydrogen-bond acceptors (Lipinski definition) is 4. The highest BCUT2D eigenvalue weighted by molar-refractivity contribution is 14.0. The maximum Gasteiger partial charge on any atom is 0.190 e. The van der Waals surface area contributed by atoms with Gasteiger partial charge in [-0.2, -0.15) is 0 Å². The molecule has 2 unspecified atom stereocenters. The van der Waals surface area contributed by atoms with Gasteiger partial charge in [0.1, 0.15) is 0 Å². The van der Waals surface area contributed by atoms with Gasteiger partial charge in [-0.05, 0) is 45.6 Å². The van der Waals surface area contributed by atoms with Gasteiger partial charge in [0.2, 0.25) is 0 Å². The molecule has 0 saturated carbocycles. The van der Waals surface area contributed by atoms with Crippen molar-refractivity contribution in [3.05, 3.63) is 0 Å². The minimum atomic E-state index is 0. The second-order valence-corrected chi connectivity index (χ2v) is 7.32. The number of likely N-dealkylation sites (tertiary alicyclic amines) is 1. The molecular weight excluding hydrogens is 443 g/mol. The van der Waals surface area contributed by atoms with E-state index < -0.39 is 0 Å². The molecule has 0 bridgehead atoms. The monoisotopic (exact) mass is 482 g/mol. The van der Waals surface area contributed by atoms with Gasteiger partial charge in [0.15, 0.2) is 5.96 Å². The number of piperidine rings is 1. The highest BCUT2D eigenvalue weighted by atomic mass is 127. The second kappa shape index (κ2) is 14.9. The predicted octanol–water partition coefficient (Wildman–Crippen LogP) is 2.48. The Morgan fingerprint density at radius 2 is 2.00 bits per heavy atom. The summed E-state index contributed by atoms with van der Waals surface area (Å²) in [5, 5.41) is 6.78. The Balaban J connectivity index is 0.00000338. The van der Waals surface area contributed by atoms with Gasteiger partial charge in [-0.3, -0.25) is 4.99 Å². The first-order valence-electron chi connectivity index (χ1n) is 10.1. The van der Waals surface area contributed by atoms with Crippen molar-refractivity contribution >= 4 is 29.9 Å². The second-order valence-electron chi connectivity index (χ2n) is 7.32. The number of guanidine groups is 1. The molecule has 0 aromatic carbocycles. The average molecular weight is 482 g/mol. The zero-order chi connectivity index (χ0) is 17.7. The van der Waals surface area contributed by atoms with Crippen LogP contribution in [-0.2, 0) is 9.47 Å². The minimum Gasteiger partial charge on any atom is -0.381 e. The Morgan fingerprint density at radius 1 is 1.19 bits per heavy atom. The number of nitrogens with zero attached hydrogens (tertiary/aromatic N) is 2. The third kappa shape index (κ3) is 9.71. The van der Waals surface area contributed by atoms with Crippen LogP contribution in [0.1, 0.15) is 45.4 Å². The molecule has 0 aromatic heterocycles. The summed E-state index contributed by atoms with van der Waals surface area (Å²) < 4.78 is 11.1. The van der Waals surface area contributed by atoms with Gasteiger partial charge in [0.25, 0.3) is 0 Å². The van der Waals surface area contributed by atoms with E-state index >= 15 is 0 Å². The molecule has 2 aliphatic heterocycles. The third-order valence-corrected chi connectivity index (χ3v) is 5.21. The van der Waals surface area contributed by atoms with Gasteiger partial charge in [-0.1, -0.05) is 6.42 Å². The third-order valence-electron chi connectivity index (χ3n) is 5.21. The van der Waals surface area contributed by atoms with E-state index in [1.807, 2.05) is 7.05 Å². The molecule has 0 amide bonds. The summed E-state index contributed by atoms with van der Waals surface area (Å²) in [6.45, 7) is 10.1. The molecule has 2 N–H and O–H groups in total. The van der Waals surface area contributed by atoms with Gasteiger partial charge >= 0.3 is 0 Å². The van der Waals surface area contributed by atoms with Crippen molar-refractivity contribution in [2.75, 3.05) is 59.7 Å². The summed E-state index contributed by atoms with van der Waals surface area (Å²) in [5.74, 6) is 1.50. The largest absolute Gasteiger partial charge is 0.381 e. The standard InChI is InChI=1S/C19H38N4O2.HI/c1-17-7-3-4-11-23(17)12-5-9-21-19(20-2)22-10-6-13-24-15-18-8-14-25-16-18;/h17-18H,3-16H2,1-2H3,(H2,20,21,22);1H. The number of nitrogens with one attached hydrogen (secondary N) is 2. The van der Waals surface area contributed by atoms with Gasteiger partial charge < -0.3 is 25.0 Å². The van der Waals surface area contributed by atoms with Crippen LogP contribution in [0.15, 0.2) is 4.99 Å². The van der Waals surface area contributed by atoms with Crippen LogP contribution in [0.3, 0.4) is 0 Å². The zero-order valence-corrected chi connectivity index (χ0v) is 19.0. The summed E-state index contributed by atoms with van der Waals surface area (Å²) in [6, 6.07) is 0.752. The number of hydrogen-bond donors (Lipinski definition) is 2. The SMILES string of the molecule is CN=C(NCCCOCC1CCOC1)NCCCN1CCCCC1C.I. The van der Waals surface area contributed by atoms with Crippen molar-refractivity contribution in [1.29, 1.82) is 0 Å². The van der Waals surface area contributed by atoms with Gasteiger partial charge in [-0.25, -0.2) is 0 Å². The smallest absolute Gasteiger partial charge is 0.190 e. The van der Waals surface area contributed by atoms with Gasteiger partial charge in [0.05, 0.1) is 13.2 Å². The first kappa shape index (κ1) is 23.9. The number of halogens is 1. The van der Waals surface area contributed by atoms with E-state index in [0.717, 1.165) is 70.8 Å². The molecular formula is C19H39IN4O2. The maximum absolute atomic E-state index is 5.72. The van der Waals surface area contributed by atoms with Crippen molar-refractivity contribution in [2.24, 2.45) is 10.9 Å². The van der Waals surface area contributed by atoms with E-state index in [4.69, 9.17) is 9.47 Å². The van der Waals surface area contributed by atoms with Gasteiger partial charge in [-0.15, -0.1) is 24.0 Å². The molecule has 2 fully saturated rings. The highest BCUT2D eigenvalue weighted by Gasteiger charge is 2.17. The molecule has 2 heterocycles. The van der Waals surface area contributed by atoms with E-state index in [1.54, 1.807) is 0 Å². The zero-order valence-electron chi connectivity index (χ0n) is 16.7. The Morgan fingerprint density at radius 3 is 2.69 bits per heavy atom. The van der Waals surface area contributed by atoms with Crippen molar-refractivity contribution in [1.82, 2.24) is 15.5 Å². The molecule has 6 nitrogen and oxygen atoms in total. The summed E-state index contributed by atoms with van der Waals surface area (Å²) in [6.07, 6.45) is 7.41. The van der Waals surface area contributed by atoms with Crippen LogP contribution >= 0.6 is 24.0 Å². The lowest BCUT2D eigenvalue weighted by molar-refractivity contribution is 0.0888. The first-order chi connectivity index (χ1) is 12.3. The Hall–Kier alpha value is -0.120. The molecule has 7 heteroatoms. The van der Waals surface area contributed by atoms with E-state index in [1.165, 1.54) is 32.4 Å². The lowest BCUT2D eigenvalue weighted by atomic mass is 10.0. The van der Waals surface area contributed by atoms with Crippen LogP contribution in [-0.4, -0.2) is 76.6 Å². The van der Waals surface area contributed by atoms with E-state index in [0.29, 0.717) is 5.92 Å². The Bertz CT molecular complexity index is 379. The number of rotatable bonds is 10.